The second-order valence-corrected chi connectivity index (χ2v) is 9.36. The van der Waals surface area contributed by atoms with Gasteiger partial charge in [0, 0.05) is 30.2 Å². The first kappa shape index (κ1) is 28.9. The van der Waals surface area contributed by atoms with Crippen LogP contribution in [0.1, 0.15) is 40.2 Å². The lowest BCUT2D eigenvalue weighted by molar-refractivity contribution is -0.139. The zero-order valence-electron chi connectivity index (χ0n) is 22.5. The molecule has 0 fully saturated rings. The molecule has 0 spiro atoms. The molecular formula is C30H28F2N4O5. The first-order valence-corrected chi connectivity index (χ1v) is 12.7. The number of hydrogen-bond donors (Lipinski definition) is 3. The average molecular weight is 563 g/mol. The maximum Gasteiger partial charge on any atom is 0.412 e. The van der Waals surface area contributed by atoms with Gasteiger partial charge in [-0.15, -0.1) is 0 Å². The highest BCUT2D eigenvalue weighted by atomic mass is 19.1. The molecule has 1 aromatic heterocycles. The van der Waals surface area contributed by atoms with E-state index in [9.17, 15) is 28.3 Å². The van der Waals surface area contributed by atoms with Gasteiger partial charge in [-0.25, -0.2) is 18.4 Å². The number of nitrogens with zero attached hydrogens (tertiary/aromatic N) is 2. The molecule has 4 rings (SSSR count). The van der Waals surface area contributed by atoms with E-state index in [1.807, 2.05) is 30.3 Å². The molecule has 9 nitrogen and oxygen atoms in total. The lowest BCUT2D eigenvalue weighted by atomic mass is 10.0. The van der Waals surface area contributed by atoms with Crippen molar-refractivity contribution in [3.63, 3.8) is 0 Å². The Morgan fingerprint density at radius 2 is 1.61 bits per heavy atom. The molecule has 0 saturated carbocycles. The number of anilines is 1. The maximum atomic E-state index is 14.0. The zero-order valence-corrected chi connectivity index (χ0v) is 22.5. The Hall–Kier alpha value is -5.06. The van der Waals surface area contributed by atoms with Gasteiger partial charge in [0.1, 0.15) is 29.5 Å². The van der Waals surface area contributed by atoms with Crippen LogP contribution in [0.2, 0.25) is 0 Å². The number of nitrogens with one attached hydrogen (secondary N) is 2. The van der Waals surface area contributed by atoms with Crippen molar-refractivity contribution < 1.29 is 33.0 Å². The van der Waals surface area contributed by atoms with Crippen molar-refractivity contribution in [3.05, 3.63) is 107 Å². The molecule has 0 aliphatic rings. The second kappa shape index (κ2) is 12.4. The summed E-state index contributed by atoms with van der Waals surface area (Å²) in [7, 11) is 1.72. The van der Waals surface area contributed by atoms with Gasteiger partial charge in [-0.2, -0.15) is 5.10 Å². The van der Waals surface area contributed by atoms with Crippen LogP contribution in [0, 0.1) is 18.6 Å². The highest BCUT2D eigenvalue weighted by molar-refractivity contribution is 5.97. The number of aliphatic carboxylic acids is 1. The highest BCUT2D eigenvalue weighted by Crippen LogP contribution is 2.31. The molecular weight excluding hydrogens is 534 g/mol. The molecule has 0 saturated heterocycles. The van der Waals surface area contributed by atoms with Gasteiger partial charge >= 0.3 is 12.1 Å². The van der Waals surface area contributed by atoms with Crippen molar-refractivity contribution in [2.75, 3.05) is 5.32 Å². The Morgan fingerprint density at radius 3 is 2.22 bits per heavy atom. The number of hydrogen-bond acceptors (Lipinski definition) is 5. The lowest BCUT2D eigenvalue weighted by Gasteiger charge is -2.16. The fourth-order valence-electron chi connectivity index (χ4n) is 4.20. The lowest BCUT2D eigenvalue weighted by Crippen LogP contribution is -2.42. The van der Waals surface area contributed by atoms with Gasteiger partial charge in [0.25, 0.3) is 5.91 Å². The number of carbonyl (C=O) groups is 3. The molecule has 3 aromatic carbocycles. The van der Waals surface area contributed by atoms with Crippen LogP contribution >= 0.6 is 0 Å². The number of carboxylic acids is 1. The summed E-state index contributed by atoms with van der Waals surface area (Å²) < 4.78 is 35.2. The number of amides is 2. The summed E-state index contributed by atoms with van der Waals surface area (Å²) in [5.74, 6) is -3.98. The average Bonchev–Trinajstić information content (AvgIpc) is 3.23. The van der Waals surface area contributed by atoms with E-state index in [-0.39, 0.29) is 5.56 Å². The Labute approximate surface area is 234 Å². The number of aromatic nitrogens is 2. The van der Waals surface area contributed by atoms with Crippen molar-refractivity contribution in [3.8, 4) is 11.3 Å². The molecule has 2 amide bonds. The largest absolute Gasteiger partial charge is 0.480 e. The van der Waals surface area contributed by atoms with Crippen LogP contribution in [-0.2, 0) is 23.0 Å². The van der Waals surface area contributed by atoms with E-state index in [1.165, 1.54) is 18.2 Å². The van der Waals surface area contributed by atoms with Crippen molar-refractivity contribution in [2.45, 2.75) is 32.4 Å². The summed E-state index contributed by atoms with van der Waals surface area (Å²) in [6.07, 6.45) is -1.72. The predicted octanol–water partition coefficient (Wildman–Crippen LogP) is 5.41. The molecule has 3 N–H and O–H groups in total. The molecule has 4 aromatic rings. The van der Waals surface area contributed by atoms with Gasteiger partial charge in [0.15, 0.2) is 0 Å². The fraction of sp³-hybridized carbons (Fsp3) is 0.200. The molecule has 2 unspecified atom stereocenters. The summed E-state index contributed by atoms with van der Waals surface area (Å²) in [5, 5.41) is 19.1. The minimum atomic E-state index is -1.56. The van der Waals surface area contributed by atoms with Crippen LogP contribution in [0.25, 0.3) is 11.3 Å². The molecule has 11 heteroatoms. The van der Waals surface area contributed by atoms with Crippen LogP contribution in [0.3, 0.4) is 0 Å². The number of aryl methyl sites for hydroxylation is 1. The first-order chi connectivity index (χ1) is 19.5. The van der Waals surface area contributed by atoms with Crippen molar-refractivity contribution in [2.24, 2.45) is 7.05 Å². The summed E-state index contributed by atoms with van der Waals surface area (Å²) in [4.78, 5) is 37.2. The number of carbonyl (C=O) groups excluding carboxylic acids is 2. The van der Waals surface area contributed by atoms with Crippen LogP contribution in [0.15, 0.2) is 72.8 Å². The van der Waals surface area contributed by atoms with Gasteiger partial charge in [0.2, 0.25) is 0 Å². The Bertz CT molecular complexity index is 1550. The predicted molar refractivity (Wildman–Crippen MR) is 147 cm³/mol. The number of benzene rings is 3. The number of carboxylic acid groups (broad SMARTS) is 1. The maximum absolute atomic E-state index is 14.0. The third-order valence-electron chi connectivity index (χ3n) is 6.61. The van der Waals surface area contributed by atoms with E-state index in [4.69, 9.17) is 4.74 Å². The van der Waals surface area contributed by atoms with Crippen LogP contribution < -0.4 is 10.6 Å². The monoisotopic (exact) mass is 562 g/mol. The summed E-state index contributed by atoms with van der Waals surface area (Å²) in [6.45, 7) is 3.54. The molecule has 0 radical (unpaired) electrons. The standard InChI is InChI=1S/C30H28F2N4O5/c1-17-26(34-30(40)41-18(2)19-8-5-4-6-9-19)27(35-36(17)3)20-12-14-21(15-13-20)28(37)33-25(29(38)39)16-22-23(31)10-7-11-24(22)32/h4-15,18,25H,16H2,1-3H3,(H,33,37)(H,34,40)(H,38,39). The van der Waals surface area contributed by atoms with E-state index < -0.39 is 53.7 Å². The van der Waals surface area contributed by atoms with E-state index in [1.54, 1.807) is 37.7 Å². The van der Waals surface area contributed by atoms with Crippen molar-refractivity contribution >= 4 is 23.7 Å². The topological polar surface area (TPSA) is 123 Å². The van der Waals surface area contributed by atoms with Crippen molar-refractivity contribution in [1.82, 2.24) is 15.1 Å². The van der Waals surface area contributed by atoms with Gasteiger partial charge in [-0.3, -0.25) is 14.8 Å². The van der Waals surface area contributed by atoms with Gasteiger partial charge in [-0.05, 0) is 43.7 Å². The second-order valence-electron chi connectivity index (χ2n) is 9.36. The minimum absolute atomic E-state index is 0.118. The molecule has 0 aliphatic heterocycles. The smallest absolute Gasteiger partial charge is 0.412 e. The molecule has 0 aliphatic carbocycles. The van der Waals surface area contributed by atoms with Crippen LogP contribution in [0.4, 0.5) is 19.3 Å². The summed E-state index contributed by atoms with van der Waals surface area (Å²) in [6, 6.07) is 17.0. The Morgan fingerprint density at radius 1 is 0.976 bits per heavy atom. The summed E-state index contributed by atoms with van der Waals surface area (Å²) >= 11 is 0. The number of rotatable bonds is 9. The molecule has 212 valence electrons. The van der Waals surface area contributed by atoms with Crippen LogP contribution in [0.5, 0.6) is 0 Å². The number of halogens is 2. The molecule has 2 atom stereocenters. The first-order valence-electron chi connectivity index (χ1n) is 12.7. The number of ether oxygens (including phenoxy) is 1. The van der Waals surface area contributed by atoms with Crippen LogP contribution in [-0.4, -0.2) is 38.9 Å². The van der Waals surface area contributed by atoms with Crippen molar-refractivity contribution in [1.29, 1.82) is 0 Å². The highest BCUT2D eigenvalue weighted by Gasteiger charge is 2.25. The van der Waals surface area contributed by atoms with E-state index >= 15 is 0 Å². The molecule has 0 bridgehead atoms. The van der Waals surface area contributed by atoms with Gasteiger partial charge in [0.05, 0.1) is 11.4 Å². The minimum Gasteiger partial charge on any atom is -0.480 e. The fourth-order valence-corrected chi connectivity index (χ4v) is 4.20. The van der Waals surface area contributed by atoms with E-state index in [2.05, 4.69) is 15.7 Å². The third kappa shape index (κ3) is 6.75. The Kier molecular flexibility index (Phi) is 8.76. The molecule has 1 heterocycles. The zero-order chi connectivity index (χ0) is 29.7. The SMILES string of the molecule is Cc1c(NC(=O)OC(C)c2ccccc2)c(-c2ccc(C(=O)NC(Cc3c(F)cccc3F)C(=O)O)cc2)nn1C. The van der Waals surface area contributed by atoms with E-state index in [0.717, 1.165) is 17.7 Å². The third-order valence-corrected chi connectivity index (χ3v) is 6.61. The molecule has 41 heavy (non-hydrogen) atoms. The quantitative estimate of drug-likeness (QED) is 0.251. The normalized spacial score (nSPS) is 12.3. The Balaban J connectivity index is 1.48. The van der Waals surface area contributed by atoms with E-state index in [0.29, 0.717) is 22.6 Å². The summed E-state index contributed by atoms with van der Waals surface area (Å²) in [5.41, 5.74) is 2.61. The van der Waals surface area contributed by atoms with Gasteiger partial charge in [-0.1, -0.05) is 48.5 Å². The van der Waals surface area contributed by atoms with Gasteiger partial charge < -0.3 is 15.2 Å².